The third-order valence-corrected chi connectivity index (χ3v) is 6.13. The molecule has 8 heteroatoms. The largest absolute Gasteiger partial charge is 0.496 e. The van der Waals surface area contributed by atoms with Gasteiger partial charge in [0.2, 0.25) is 5.91 Å². The Morgan fingerprint density at radius 1 is 1.21 bits per heavy atom. The molecule has 0 aliphatic carbocycles. The third-order valence-electron chi connectivity index (χ3n) is 4.14. The van der Waals surface area contributed by atoms with Crippen molar-refractivity contribution >= 4 is 40.9 Å². The van der Waals surface area contributed by atoms with Gasteiger partial charge in [0.1, 0.15) is 17.6 Å². The summed E-state index contributed by atoms with van der Waals surface area (Å²) in [5.74, 6) is 1.38. The number of hydrogen-bond acceptors (Lipinski definition) is 4. The maximum atomic E-state index is 12.7. The number of amides is 1. The summed E-state index contributed by atoms with van der Waals surface area (Å²) >= 11 is 13.7. The number of imidazole rings is 1. The normalized spacial score (nSPS) is 11.9. The molecule has 2 aromatic carbocycles. The summed E-state index contributed by atoms with van der Waals surface area (Å²) in [6, 6.07) is 12.4. The van der Waals surface area contributed by atoms with Crippen molar-refractivity contribution in [1.82, 2.24) is 14.9 Å². The number of hydrogen-bond donors (Lipinski definition) is 1. The molecule has 0 aliphatic heterocycles. The van der Waals surface area contributed by atoms with Gasteiger partial charge >= 0.3 is 0 Å². The number of para-hydroxylation sites is 1. The van der Waals surface area contributed by atoms with E-state index in [1.54, 1.807) is 31.5 Å². The number of ether oxygens (including phenoxy) is 1. The number of carbonyl (C=O) groups is 1. The molecule has 1 heterocycles. The molecule has 1 atom stereocenters. The second kappa shape index (κ2) is 9.37. The zero-order valence-corrected chi connectivity index (χ0v) is 17.7. The predicted octanol–water partition coefficient (Wildman–Crippen LogP) is 4.73. The van der Waals surface area contributed by atoms with Crippen molar-refractivity contribution in [3.8, 4) is 5.75 Å². The number of aryl methyl sites for hydroxylation is 1. The number of methoxy groups -OCH3 is 1. The summed E-state index contributed by atoms with van der Waals surface area (Å²) in [7, 11) is 3.49. The van der Waals surface area contributed by atoms with Crippen LogP contribution in [-0.2, 0) is 11.8 Å². The van der Waals surface area contributed by atoms with E-state index < -0.39 is 6.04 Å². The highest BCUT2D eigenvalue weighted by molar-refractivity contribution is 8.00. The zero-order chi connectivity index (χ0) is 20.1. The van der Waals surface area contributed by atoms with Crippen LogP contribution in [0.4, 0.5) is 0 Å². The number of thioether (sulfide) groups is 1. The number of halogens is 2. The van der Waals surface area contributed by atoms with E-state index >= 15 is 0 Å². The Balaban J connectivity index is 1.82. The molecule has 5 nitrogen and oxygen atoms in total. The first-order valence-corrected chi connectivity index (χ1v) is 10.2. The van der Waals surface area contributed by atoms with Crippen LogP contribution in [0.3, 0.4) is 0 Å². The SMILES string of the molecule is COc1ccccc1[C@H](NC(=O)CSc1c(Cl)cccc1Cl)c1nccn1C. The molecule has 0 bridgehead atoms. The molecular weight excluding hydrogens is 417 g/mol. The second-order valence-electron chi connectivity index (χ2n) is 5.98. The van der Waals surface area contributed by atoms with E-state index in [4.69, 9.17) is 27.9 Å². The lowest BCUT2D eigenvalue weighted by Gasteiger charge is -2.21. The Morgan fingerprint density at radius 3 is 2.57 bits per heavy atom. The molecule has 1 N–H and O–H groups in total. The van der Waals surface area contributed by atoms with Gasteiger partial charge in [-0.15, -0.1) is 11.8 Å². The highest BCUT2D eigenvalue weighted by Gasteiger charge is 2.24. The van der Waals surface area contributed by atoms with Crippen LogP contribution >= 0.6 is 35.0 Å². The Bertz CT molecular complexity index is 957. The lowest BCUT2D eigenvalue weighted by molar-refractivity contribution is -0.119. The van der Waals surface area contributed by atoms with E-state index in [1.165, 1.54) is 11.8 Å². The van der Waals surface area contributed by atoms with E-state index in [9.17, 15) is 4.79 Å². The quantitative estimate of drug-likeness (QED) is 0.544. The fourth-order valence-electron chi connectivity index (χ4n) is 2.80. The monoisotopic (exact) mass is 435 g/mol. The zero-order valence-electron chi connectivity index (χ0n) is 15.4. The van der Waals surface area contributed by atoms with Crippen LogP contribution in [-0.4, -0.2) is 28.3 Å². The minimum atomic E-state index is -0.453. The van der Waals surface area contributed by atoms with Crippen molar-refractivity contribution in [3.05, 3.63) is 76.3 Å². The molecule has 0 saturated heterocycles. The van der Waals surface area contributed by atoms with Crippen molar-refractivity contribution in [2.24, 2.45) is 7.05 Å². The van der Waals surface area contributed by atoms with Crippen LogP contribution in [0, 0.1) is 0 Å². The van der Waals surface area contributed by atoms with E-state index in [0.717, 1.165) is 5.56 Å². The van der Waals surface area contributed by atoms with E-state index in [1.807, 2.05) is 42.1 Å². The molecule has 1 aromatic heterocycles. The minimum Gasteiger partial charge on any atom is -0.496 e. The van der Waals surface area contributed by atoms with Crippen LogP contribution < -0.4 is 10.1 Å². The van der Waals surface area contributed by atoms with Gasteiger partial charge in [-0.3, -0.25) is 4.79 Å². The van der Waals surface area contributed by atoms with Gasteiger partial charge in [0, 0.05) is 29.9 Å². The number of nitrogens with zero attached hydrogens (tertiary/aromatic N) is 2. The van der Waals surface area contributed by atoms with Crippen LogP contribution in [0.5, 0.6) is 5.75 Å². The molecule has 3 aromatic rings. The van der Waals surface area contributed by atoms with Crippen molar-refractivity contribution in [1.29, 1.82) is 0 Å². The molecule has 0 aliphatic rings. The molecule has 1 amide bonds. The van der Waals surface area contributed by atoms with Gasteiger partial charge in [0.15, 0.2) is 0 Å². The second-order valence-corrected chi connectivity index (χ2v) is 7.78. The third kappa shape index (κ3) is 4.63. The minimum absolute atomic E-state index is 0.166. The number of benzene rings is 2. The summed E-state index contributed by atoms with van der Waals surface area (Å²) < 4.78 is 7.35. The van der Waals surface area contributed by atoms with Gasteiger partial charge in [0.05, 0.1) is 22.9 Å². The average Bonchev–Trinajstić information content (AvgIpc) is 3.11. The van der Waals surface area contributed by atoms with Crippen LogP contribution in [0.1, 0.15) is 17.4 Å². The van der Waals surface area contributed by atoms with Crippen LogP contribution in [0.15, 0.2) is 59.8 Å². The fraction of sp³-hybridized carbons (Fsp3) is 0.200. The lowest BCUT2D eigenvalue weighted by atomic mass is 10.0. The van der Waals surface area contributed by atoms with Gasteiger partial charge in [-0.25, -0.2) is 4.98 Å². The maximum Gasteiger partial charge on any atom is 0.231 e. The first kappa shape index (κ1) is 20.6. The molecule has 3 rings (SSSR count). The average molecular weight is 436 g/mol. The summed E-state index contributed by atoms with van der Waals surface area (Å²) in [6.07, 6.45) is 3.53. The van der Waals surface area contributed by atoms with Crippen LogP contribution in [0.2, 0.25) is 10.0 Å². The molecule has 0 radical (unpaired) electrons. The number of aromatic nitrogens is 2. The van der Waals surface area contributed by atoms with Crippen molar-refractivity contribution < 1.29 is 9.53 Å². The number of nitrogens with one attached hydrogen (secondary N) is 1. The molecular formula is C20H19Cl2N3O2S. The van der Waals surface area contributed by atoms with Crippen molar-refractivity contribution in [3.63, 3.8) is 0 Å². The fourth-order valence-corrected chi connectivity index (χ4v) is 4.30. The van der Waals surface area contributed by atoms with E-state index in [-0.39, 0.29) is 11.7 Å². The van der Waals surface area contributed by atoms with Gasteiger partial charge in [0.25, 0.3) is 0 Å². The molecule has 0 spiro atoms. The van der Waals surface area contributed by atoms with Crippen LogP contribution in [0.25, 0.3) is 0 Å². The molecule has 146 valence electrons. The Hall–Kier alpha value is -2.15. The van der Waals surface area contributed by atoms with Crippen molar-refractivity contribution in [2.45, 2.75) is 10.9 Å². The molecule has 28 heavy (non-hydrogen) atoms. The predicted molar refractivity (Wildman–Crippen MR) is 113 cm³/mol. The van der Waals surface area contributed by atoms with Gasteiger partial charge < -0.3 is 14.6 Å². The smallest absolute Gasteiger partial charge is 0.231 e. The highest BCUT2D eigenvalue weighted by atomic mass is 35.5. The summed E-state index contributed by atoms with van der Waals surface area (Å²) in [5, 5.41) is 4.10. The molecule has 0 fully saturated rings. The Labute approximate surface area is 178 Å². The summed E-state index contributed by atoms with van der Waals surface area (Å²) in [5.41, 5.74) is 0.827. The Morgan fingerprint density at radius 2 is 1.93 bits per heavy atom. The van der Waals surface area contributed by atoms with Gasteiger partial charge in [-0.2, -0.15) is 0 Å². The maximum absolute atomic E-state index is 12.7. The standard InChI is InChI=1S/C20H19Cl2N3O2S/c1-25-11-10-23-20(25)18(13-6-3-4-9-16(13)27-2)24-17(26)12-28-19-14(21)7-5-8-15(19)22/h3-11,18H,12H2,1-2H3,(H,24,26)/t18-/m0/s1. The molecule has 0 unspecified atom stereocenters. The number of carbonyl (C=O) groups excluding carboxylic acids is 1. The summed E-state index contributed by atoms with van der Waals surface area (Å²) in [4.78, 5) is 17.8. The van der Waals surface area contributed by atoms with Gasteiger partial charge in [-0.05, 0) is 18.2 Å². The van der Waals surface area contributed by atoms with Crippen molar-refractivity contribution in [2.75, 3.05) is 12.9 Å². The highest BCUT2D eigenvalue weighted by Crippen LogP contribution is 2.34. The topological polar surface area (TPSA) is 56.1 Å². The van der Waals surface area contributed by atoms with Gasteiger partial charge in [-0.1, -0.05) is 47.5 Å². The van der Waals surface area contributed by atoms with E-state index in [0.29, 0.717) is 26.5 Å². The van der Waals surface area contributed by atoms with E-state index in [2.05, 4.69) is 10.3 Å². The molecule has 0 saturated carbocycles. The lowest BCUT2D eigenvalue weighted by Crippen LogP contribution is -2.32. The summed E-state index contributed by atoms with van der Waals surface area (Å²) in [6.45, 7) is 0. The first-order valence-electron chi connectivity index (χ1n) is 8.47. The first-order chi connectivity index (χ1) is 13.5. The Kier molecular flexibility index (Phi) is 6.88. The number of rotatable bonds is 7.